The second-order valence-corrected chi connectivity index (χ2v) is 5.97. The minimum absolute atomic E-state index is 0.522. The van der Waals surface area contributed by atoms with Crippen molar-refractivity contribution in [2.45, 2.75) is 27.2 Å². The molecule has 0 spiro atoms. The second-order valence-electron chi connectivity index (χ2n) is 4.89. The molecule has 0 saturated heterocycles. The number of hydrogen-bond acceptors (Lipinski definition) is 3. The highest BCUT2D eigenvalue weighted by Gasteiger charge is 2.12. The monoisotopic (exact) mass is 260 g/mol. The van der Waals surface area contributed by atoms with Crippen molar-refractivity contribution >= 4 is 11.3 Å². The molecule has 0 radical (unpaired) electrons. The fourth-order valence-corrected chi connectivity index (χ4v) is 3.26. The van der Waals surface area contributed by atoms with Gasteiger partial charge >= 0.3 is 0 Å². The third-order valence-electron chi connectivity index (χ3n) is 3.20. The van der Waals surface area contributed by atoms with Gasteiger partial charge in [-0.1, -0.05) is 31.2 Å². The molecule has 1 aromatic carbocycles. The number of hydrogen-bond donors (Lipinski definition) is 1. The van der Waals surface area contributed by atoms with E-state index >= 15 is 0 Å². The average Bonchev–Trinajstić information content (AvgIpc) is 2.71. The van der Waals surface area contributed by atoms with Gasteiger partial charge in [0.05, 0.1) is 5.69 Å². The van der Waals surface area contributed by atoms with E-state index in [2.05, 4.69) is 45.0 Å². The number of rotatable bonds is 4. The summed E-state index contributed by atoms with van der Waals surface area (Å²) in [7, 11) is 0. The summed E-state index contributed by atoms with van der Waals surface area (Å²) in [6.45, 7) is 7.15. The highest BCUT2D eigenvalue weighted by atomic mass is 32.1. The fourth-order valence-electron chi connectivity index (χ4n) is 1.95. The first kappa shape index (κ1) is 13.2. The summed E-state index contributed by atoms with van der Waals surface area (Å²) in [4.78, 5) is 6.07. The first-order chi connectivity index (χ1) is 8.61. The van der Waals surface area contributed by atoms with Crippen LogP contribution >= 0.6 is 11.3 Å². The van der Waals surface area contributed by atoms with Crippen molar-refractivity contribution in [2.24, 2.45) is 11.7 Å². The van der Waals surface area contributed by atoms with E-state index in [1.807, 2.05) is 0 Å². The van der Waals surface area contributed by atoms with Gasteiger partial charge in [0.15, 0.2) is 0 Å². The molecule has 0 aliphatic rings. The van der Waals surface area contributed by atoms with E-state index in [0.717, 1.165) is 23.7 Å². The number of aromatic nitrogens is 1. The zero-order valence-corrected chi connectivity index (χ0v) is 12.1. The predicted octanol–water partition coefficient (Wildman–Crippen LogP) is 3.56. The van der Waals surface area contributed by atoms with Crippen LogP contribution in [-0.2, 0) is 6.42 Å². The van der Waals surface area contributed by atoms with Crippen LogP contribution < -0.4 is 5.73 Å². The lowest BCUT2D eigenvalue weighted by atomic mass is 10.1. The fraction of sp³-hybridized carbons (Fsp3) is 0.400. The minimum Gasteiger partial charge on any atom is -0.330 e. The average molecular weight is 260 g/mol. The summed E-state index contributed by atoms with van der Waals surface area (Å²) in [6.07, 6.45) is 1.03. The molecule has 3 heteroatoms. The lowest BCUT2D eigenvalue weighted by Gasteiger charge is -2.05. The van der Waals surface area contributed by atoms with Gasteiger partial charge in [0, 0.05) is 10.4 Å². The van der Waals surface area contributed by atoms with Crippen molar-refractivity contribution in [3.63, 3.8) is 0 Å². The molecule has 2 N–H and O–H groups in total. The van der Waals surface area contributed by atoms with E-state index in [1.54, 1.807) is 11.3 Å². The summed E-state index contributed by atoms with van der Waals surface area (Å²) >= 11 is 1.80. The smallest absolute Gasteiger partial charge is 0.124 e. The van der Waals surface area contributed by atoms with Crippen molar-refractivity contribution in [2.75, 3.05) is 6.54 Å². The van der Waals surface area contributed by atoms with Gasteiger partial charge in [-0.2, -0.15) is 0 Å². The van der Waals surface area contributed by atoms with Crippen molar-refractivity contribution in [1.82, 2.24) is 4.98 Å². The number of aryl methyl sites for hydroxylation is 2. The van der Waals surface area contributed by atoms with Crippen LogP contribution in [0.1, 0.15) is 23.1 Å². The Morgan fingerprint density at radius 1 is 1.28 bits per heavy atom. The van der Waals surface area contributed by atoms with E-state index in [1.165, 1.54) is 16.0 Å². The first-order valence-corrected chi connectivity index (χ1v) is 7.15. The molecule has 2 aromatic rings. The Hall–Kier alpha value is -1.19. The van der Waals surface area contributed by atoms with Gasteiger partial charge in [0.1, 0.15) is 5.01 Å². The SMILES string of the molecule is Cc1ccccc1-c1nc(C)c(CC(C)CN)s1. The zero-order chi connectivity index (χ0) is 13.1. The standard InChI is InChI=1S/C15H20N2S/c1-10(9-16)8-14-12(3)17-15(18-14)13-7-5-4-6-11(13)2/h4-7,10H,8-9,16H2,1-3H3. The molecule has 2 rings (SSSR count). The molecule has 18 heavy (non-hydrogen) atoms. The van der Waals surface area contributed by atoms with Crippen LogP contribution in [0.15, 0.2) is 24.3 Å². The Morgan fingerprint density at radius 2 is 2.00 bits per heavy atom. The molecular formula is C15H20N2S. The molecule has 0 amide bonds. The largest absolute Gasteiger partial charge is 0.330 e. The maximum Gasteiger partial charge on any atom is 0.124 e. The maximum absolute atomic E-state index is 5.70. The van der Waals surface area contributed by atoms with Crippen LogP contribution in [0.25, 0.3) is 10.6 Å². The van der Waals surface area contributed by atoms with Crippen LogP contribution in [-0.4, -0.2) is 11.5 Å². The third kappa shape index (κ3) is 2.79. The van der Waals surface area contributed by atoms with Crippen LogP contribution in [0, 0.1) is 19.8 Å². The van der Waals surface area contributed by atoms with Gasteiger partial charge in [-0.05, 0) is 38.3 Å². The van der Waals surface area contributed by atoms with E-state index in [4.69, 9.17) is 10.7 Å². The van der Waals surface area contributed by atoms with Gasteiger partial charge < -0.3 is 5.73 Å². The molecule has 0 fully saturated rings. The van der Waals surface area contributed by atoms with E-state index in [-0.39, 0.29) is 0 Å². The van der Waals surface area contributed by atoms with Crippen LogP contribution in [0.3, 0.4) is 0 Å². The summed E-state index contributed by atoms with van der Waals surface area (Å²) < 4.78 is 0. The number of benzene rings is 1. The van der Waals surface area contributed by atoms with Crippen molar-refractivity contribution in [3.8, 4) is 10.6 Å². The lowest BCUT2D eigenvalue weighted by molar-refractivity contribution is 0.596. The van der Waals surface area contributed by atoms with E-state index in [0.29, 0.717) is 5.92 Å². The van der Waals surface area contributed by atoms with Gasteiger partial charge in [-0.15, -0.1) is 11.3 Å². The quantitative estimate of drug-likeness (QED) is 0.913. The minimum atomic E-state index is 0.522. The summed E-state index contributed by atoms with van der Waals surface area (Å²) in [5, 5.41) is 1.13. The van der Waals surface area contributed by atoms with Gasteiger partial charge in [0.25, 0.3) is 0 Å². The Bertz CT molecular complexity index is 531. The van der Waals surface area contributed by atoms with Crippen LogP contribution in [0.2, 0.25) is 0 Å². The zero-order valence-electron chi connectivity index (χ0n) is 11.2. The predicted molar refractivity (Wildman–Crippen MR) is 78.9 cm³/mol. The summed E-state index contributed by atoms with van der Waals surface area (Å²) in [5.74, 6) is 0.522. The lowest BCUT2D eigenvalue weighted by Crippen LogP contribution is -2.12. The highest BCUT2D eigenvalue weighted by molar-refractivity contribution is 7.15. The van der Waals surface area contributed by atoms with Crippen molar-refractivity contribution < 1.29 is 0 Å². The molecule has 0 saturated carbocycles. The number of nitrogens with two attached hydrogens (primary N) is 1. The van der Waals surface area contributed by atoms with E-state index < -0.39 is 0 Å². The maximum atomic E-state index is 5.70. The van der Waals surface area contributed by atoms with Crippen molar-refractivity contribution in [3.05, 3.63) is 40.4 Å². The molecule has 0 bridgehead atoms. The Labute approximate surface area is 113 Å². The molecule has 1 aromatic heterocycles. The Morgan fingerprint density at radius 3 is 2.67 bits per heavy atom. The number of thiazole rings is 1. The van der Waals surface area contributed by atoms with Gasteiger partial charge in [0.2, 0.25) is 0 Å². The van der Waals surface area contributed by atoms with Crippen LogP contribution in [0.5, 0.6) is 0 Å². The van der Waals surface area contributed by atoms with Gasteiger partial charge in [-0.3, -0.25) is 0 Å². The molecule has 1 heterocycles. The summed E-state index contributed by atoms with van der Waals surface area (Å²) in [5.41, 5.74) is 9.38. The number of nitrogens with zero attached hydrogens (tertiary/aromatic N) is 1. The molecule has 1 unspecified atom stereocenters. The first-order valence-electron chi connectivity index (χ1n) is 6.34. The topological polar surface area (TPSA) is 38.9 Å². The molecular weight excluding hydrogens is 240 g/mol. The summed E-state index contributed by atoms with van der Waals surface area (Å²) in [6, 6.07) is 8.41. The van der Waals surface area contributed by atoms with Crippen molar-refractivity contribution in [1.29, 1.82) is 0 Å². The second kappa shape index (κ2) is 5.63. The molecule has 0 aliphatic carbocycles. The highest BCUT2D eigenvalue weighted by Crippen LogP contribution is 2.31. The molecule has 0 aliphatic heterocycles. The van der Waals surface area contributed by atoms with Gasteiger partial charge in [-0.25, -0.2) is 4.98 Å². The Balaban J connectivity index is 2.32. The normalized spacial score (nSPS) is 12.7. The van der Waals surface area contributed by atoms with E-state index in [9.17, 15) is 0 Å². The molecule has 2 nitrogen and oxygen atoms in total. The Kier molecular flexibility index (Phi) is 4.15. The molecule has 1 atom stereocenters. The molecule has 96 valence electrons. The third-order valence-corrected chi connectivity index (χ3v) is 4.42. The van der Waals surface area contributed by atoms with Crippen LogP contribution in [0.4, 0.5) is 0 Å².